The first kappa shape index (κ1) is 8.87. The van der Waals surface area contributed by atoms with Crippen LogP contribution in [0.2, 0.25) is 5.02 Å². The zero-order valence-electron chi connectivity index (χ0n) is 6.25. The molecule has 0 aliphatic rings. The topological polar surface area (TPSA) is 63.3 Å². The summed E-state index contributed by atoms with van der Waals surface area (Å²) in [6.07, 6.45) is -0.0508. The number of hydrogen-bond acceptors (Lipinski definition) is 2. The van der Waals surface area contributed by atoms with E-state index >= 15 is 0 Å². The van der Waals surface area contributed by atoms with Gasteiger partial charge in [0.1, 0.15) is 0 Å². The summed E-state index contributed by atoms with van der Waals surface area (Å²) in [4.78, 5) is 10.3. The fourth-order valence-corrected chi connectivity index (χ4v) is 1.22. The average molecular weight is 186 g/mol. The Kier molecular flexibility index (Phi) is 2.55. The first-order chi connectivity index (χ1) is 5.58. The number of halogens is 1. The summed E-state index contributed by atoms with van der Waals surface area (Å²) >= 11 is 5.66. The van der Waals surface area contributed by atoms with E-state index < -0.39 is 5.97 Å². The molecule has 0 aromatic heterocycles. The molecular weight excluding hydrogens is 178 g/mol. The Balaban J connectivity index is 2.93. The molecule has 1 aromatic carbocycles. The van der Waals surface area contributed by atoms with Gasteiger partial charge in [0.2, 0.25) is 0 Å². The number of carboxylic acids is 1. The van der Waals surface area contributed by atoms with Gasteiger partial charge in [0.05, 0.1) is 6.42 Å². The number of rotatable bonds is 2. The van der Waals surface area contributed by atoms with E-state index in [1.807, 2.05) is 0 Å². The number of carboxylic acid groups (broad SMARTS) is 1. The van der Waals surface area contributed by atoms with E-state index in [4.69, 9.17) is 22.4 Å². The van der Waals surface area contributed by atoms with Crippen LogP contribution < -0.4 is 5.73 Å². The lowest BCUT2D eigenvalue weighted by Crippen LogP contribution is -2.00. The van der Waals surface area contributed by atoms with Gasteiger partial charge in [-0.2, -0.15) is 0 Å². The first-order valence-electron chi connectivity index (χ1n) is 3.34. The van der Waals surface area contributed by atoms with Crippen LogP contribution in [0.15, 0.2) is 18.2 Å². The van der Waals surface area contributed by atoms with Gasteiger partial charge >= 0.3 is 5.97 Å². The third kappa shape index (κ3) is 2.43. The third-order valence-electron chi connectivity index (χ3n) is 1.34. The molecule has 64 valence electrons. The molecule has 0 fully saturated rings. The molecule has 0 bridgehead atoms. The van der Waals surface area contributed by atoms with Crippen LogP contribution in [0.4, 0.5) is 5.69 Å². The zero-order valence-corrected chi connectivity index (χ0v) is 7.01. The number of nitrogen functional groups attached to an aromatic ring is 1. The molecule has 1 aromatic rings. The van der Waals surface area contributed by atoms with E-state index in [0.717, 1.165) is 0 Å². The predicted octanol–water partition coefficient (Wildman–Crippen LogP) is 1.55. The maximum Gasteiger partial charge on any atom is 0.307 e. The van der Waals surface area contributed by atoms with Crippen LogP contribution in [-0.4, -0.2) is 11.1 Å². The van der Waals surface area contributed by atoms with Crippen molar-refractivity contribution >= 4 is 23.3 Å². The predicted molar refractivity (Wildman–Crippen MR) is 47.2 cm³/mol. The minimum Gasteiger partial charge on any atom is -0.481 e. The summed E-state index contributed by atoms with van der Waals surface area (Å²) in [7, 11) is 0. The van der Waals surface area contributed by atoms with Gasteiger partial charge in [-0.3, -0.25) is 4.79 Å². The summed E-state index contributed by atoms with van der Waals surface area (Å²) in [6, 6.07) is 4.76. The van der Waals surface area contributed by atoms with Gasteiger partial charge in [0.15, 0.2) is 0 Å². The van der Waals surface area contributed by atoms with Crippen molar-refractivity contribution in [1.82, 2.24) is 0 Å². The number of carbonyl (C=O) groups is 1. The molecule has 0 aliphatic heterocycles. The molecule has 3 N–H and O–H groups in total. The minimum absolute atomic E-state index is 0.0508. The van der Waals surface area contributed by atoms with E-state index in [-0.39, 0.29) is 6.42 Å². The second-order valence-electron chi connectivity index (χ2n) is 2.46. The maximum absolute atomic E-state index is 10.3. The van der Waals surface area contributed by atoms with Gasteiger partial charge in [-0.05, 0) is 23.8 Å². The van der Waals surface area contributed by atoms with Crippen molar-refractivity contribution in [3.05, 3.63) is 28.8 Å². The van der Waals surface area contributed by atoms with Crippen molar-refractivity contribution in [2.24, 2.45) is 0 Å². The molecule has 0 saturated carbocycles. The monoisotopic (exact) mass is 185 g/mol. The Hall–Kier alpha value is -1.22. The van der Waals surface area contributed by atoms with Crippen molar-refractivity contribution in [2.75, 3.05) is 5.73 Å². The lowest BCUT2D eigenvalue weighted by molar-refractivity contribution is -0.136. The van der Waals surface area contributed by atoms with E-state index in [2.05, 4.69) is 0 Å². The summed E-state index contributed by atoms with van der Waals surface area (Å²) in [5, 5.41) is 8.93. The highest BCUT2D eigenvalue weighted by Gasteiger charge is 2.01. The number of nitrogens with two attached hydrogens (primary N) is 1. The van der Waals surface area contributed by atoms with Crippen LogP contribution in [0.3, 0.4) is 0 Å². The molecule has 0 heterocycles. The molecule has 0 atom stereocenters. The van der Waals surface area contributed by atoms with Gasteiger partial charge in [0, 0.05) is 10.7 Å². The Bertz CT molecular complexity index is 292. The second-order valence-corrected chi connectivity index (χ2v) is 2.90. The molecule has 12 heavy (non-hydrogen) atoms. The molecule has 0 radical (unpaired) electrons. The average Bonchev–Trinajstić information content (AvgIpc) is 1.81. The van der Waals surface area contributed by atoms with Crippen LogP contribution in [0.1, 0.15) is 5.56 Å². The number of aliphatic carboxylic acids is 1. The third-order valence-corrected chi connectivity index (χ3v) is 1.55. The quantitative estimate of drug-likeness (QED) is 0.688. The number of anilines is 1. The fraction of sp³-hybridized carbons (Fsp3) is 0.125. The largest absolute Gasteiger partial charge is 0.481 e. The van der Waals surface area contributed by atoms with Crippen molar-refractivity contribution in [2.45, 2.75) is 6.42 Å². The molecule has 1 rings (SSSR count). The Morgan fingerprint density at radius 2 is 2.17 bits per heavy atom. The van der Waals surface area contributed by atoms with Gasteiger partial charge in [0.25, 0.3) is 0 Å². The lowest BCUT2D eigenvalue weighted by Gasteiger charge is -1.99. The van der Waals surface area contributed by atoms with Gasteiger partial charge in [-0.15, -0.1) is 0 Å². The van der Waals surface area contributed by atoms with Crippen LogP contribution in [0.25, 0.3) is 0 Å². The van der Waals surface area contributed by atoms with Crippen LogP contribution in [-0.2, 0) is 11.2 Å². The highest BCUT2D eigenvalue weighted by molar-refractivity contribution is 6.30. The number of benzene rings is 1. The molecule has 0 saturated heterocycles. The Labute approximate surface area is 74.8 Å². The van der Waals surface area contributed by atoms with Crippen molar-refractivity contribution in [3.63, 3.8) is 0 Å². The normalized spacial score (nSPS) is 9.75. The molecule has 0 spiro atoms. The Morgan fingerprint density at radius 3 is 2.67 bits per heavy atom. The smallest absolute Gasteiger partial charge is 0.307 e. The van der Waals surface area contributed by atoms with Crippen molar-refractivity contribution in [3.8, 4) is 0 Å². The second kappa shape index (κ2) is 3.45. The highest BCUT2D eigenvalue weighted by Crippen LogP contribution is 2.16. The minimum atomic E-state index is -0.892. The molecular formula is C8H8ClNO2. The van der Waals surface area contributed by atoms with Gasteiger partial charge < -0.3 is 10.8 Å². The van der Waals surface area contributed by atoms with E-state index in [1.165, 1.54) is 0 Å². The van der Waals surface area contributed by atoms with E-state index in [0.29, 0.717) is 16.3 Å². The fourth-order valence-electron chi connectivity index (χ4n) is 0.952. The SMILES string of the molecule is Nc1cc(Cl)cc(CC(=O)O)c1. The van der Waals surface area contributed by atoms with Crippen LogP contribution in [0, 0.1) is 0 Å². The van der Waals surface area contributed by atoms with E-state index in [1.54, 1.807) is 18.2 Å². The summed E-state index contributed by atoms with van der Waals surface area (Å²) < 4.78 is 0. The summed E-state index contributed by atoms with van der Waals surface area (Å²) in [5.41, 5.74) is 6.56. The molecule has 0 aliphatic carbocycles. The summed E-state index contributed by atoms with van der Waals surface area (Å²) in [6.45, 7) is 0. The van der Waals surface area contributed by atoms with Crippen LogP contribution >= 0.6 is 11.6 Å². The standard InChI is InChI=1S/C8H8ClNO2/c9-6-1-5(3-8(11)12)2-7(10)4-6/h1-2,4H,3,10H2,(H,11,12). The lowest BCUT2D eigenvalue weighted by atomic mass is 10.1. The first-order valence-corrected chi connectivity index (χ1v) is 3.72. The van der Waals surface area contributed by atoms with Crippen LogP contribution in [0.5, 0.6) is 0 Å². The molecule has 4 heteroatoms. The summed E-state index contributed by atoms with van der Waals surface area (Å²) in [5.74, 6) is -0.892. The molecule has 0 amide bonds. The maximum atomic E-state index is 10.3. The van der Waals surface area contributed by atoms with Gasteiger partial charge in [-0.25, -0.2) is 0 Å². The zero-order chi connectivity index (χ0) is 9.14. The highest BCUT2D eigenvalue weighted by atomic mass is 35.5. The Morgan fingerprint density at radius 1 is 1.50 bits per heavy atom. The number of hydrogen-bond donors (Lipinski definition) is 2. The van der Waals surface area contributed by atoms with E-state index in [9.17, 15) is 4.79 Å². The van der Waals surface area contributed by atoms with Crippen molar-refractivity contribution < 1.29 is 9.90 Å². The van der Waals surface area contributed by atoms with Gasteiger partial charge in [-0.1, -0.05) is 11.6 Å². The molecule has 3 nitrogen and oxygen atoms in total. The molecule has 0 unspecified atom stereocenters. The van der Waals surface area contributed by atoms with Crippen molar-refractivity contribution in [1.29, 1.82) is 0 Å².